The summed E-state index contributed by atoms with van der Waals surface area (Å²) in [5.74, 6) is 1.06. The summed E-state index contributed by atoms with van der Waals surface area (Å²) in [5, 5.41) is 0.349. The van der Waals surface area contributed by atoms with Crippen LogP contribution in [-0.2, 0) is 13.2 Å². The molecule has 1 aliphatic heterocycles. The van der Waals surface area contributed by atoms with E-state index >= 15 is 0 Å². The first-order valence-corrected chi connectivity index (χ1v) is 14.5. The molecule has 0 spiro atoms. The molecule has 5 heterocycles. The predicted octanol–water partition coefficient (Wildman–Crippen LogP) is 5.12. The molecule has 0 saturated carbocycles. The molecular weight excluding hydrogens is 585 g/mol. The Morgan fingerprint density at radius 1 is 1.07 bits per heavy atom. The number of carbonyl (C=O) groups is 1. The van der Waals surface area contributed by atoms with E-state index < -0.39 is 5.82 Å². The fourth-order valence-electron chi connectivity index (χ4n) is 5.52. The van der Waals surface area contributed by atoms with Gasteiger partial charge in [-0.25, -0.2) is 24.3 Å². The van der Waals surface area contributed by atoms with Crippen LogP contribution >= 0.6 is 11.6 Å². The number of aromatic nitrogens is 7. The average Bonchev–Trinajstić information content (AvgIpc) is 3.63. The Hall–Kier alpha value is -4.94. The molecule has 0 atom stereocenters. The first-order valence-electron chi connectivity index (χ1n) is 14.1. The second-order valence-corrected chi connectivity index (χ2v) is 11.2. The standard InChI is InChI=1S/C31H27ClFN9O2/c32-21-6-4-20(22(33)13-21)16-44-28-3-1-2-23(39-28)18-8-10-41(11-9-18)15-27-37-24-7-5-19(12-25(24)38-27)30(43)42-17-36-29-26(42)14-35-31(34)40-29/h1-7,12-14,17-18H,8-11,15-16H2,(H,37,38)(H2,34,35,40). The number of halogens is 2. The quantitative estimate of drug-likeness (QED) is 0.252. The minimum absolute atomic E-state index is 0.0794. The Morgan fingerprint density at radius 2 is 1.93 bits per heavy atom. The summed E-state index contributed by atoms with van der Waals surface area (Å²) in [7, 11) is 0. The number of pyridine rings is 1. The number of benzene rings is 2. The van der Waals surface area contributed by atoms with Crippen molar-refractivity contribution in [3.8, 4) is 5.88 Å². The summed E-state index contributed by atoms with van der Waals surface area (Å²) < 4.78 is 21.3. The van der Waals surface area contributed by atoms with E-state index in [0.29, 0.717) is 45.7 Å². The van der Waals surface area contributed by atoms with Crippen LogP contribution in [0.25, 0.3) is 22.2 Å². The van der Waals surface area contributed by atoms with Gasteiger partial charge in [-0.05, 0) is 62.3 Å². The van der Waals surface area contributed by atoms with E-state index in [4.69, 9.17) is 32.0 Å². The lowest BCUT2D eigenvalue weighted by Gasteiger charge is -2.31. The molecule has 44 heavy (non-hydrogen) atoms. The molecule has 0 bridgehead atoms. The number of nitrogens with two attached hydrogens (primary N) is 1. The van der Waals surface area contributed by atoms with Crippen LogP contribution < -0.4 is 10.5 Å². The van der Waals surface area contributed by atoms with E-state index in [1.807, 2.05) is 18.2 Å². The highest BCUT2D eigenvalue weighted by Gasteiger charge is 2.23. The predicted molar refractivity (Wildman–Crippen MR) is 163 cm³/mol. The number of nitrogens with zero attached hydrogens (tertiary/aromatic N) is 7. The number of likely N-dealkylation sites (tertiary alicyclic amines) is 1. The highest BCUT2D eigenvalue weighted by atomic mass is 35.5. The maximum Gasteiger partial charge on any atom is 0.263 e. The fourth-order valence-corrected chi connectivity index (χ4v) is 5.68. The third kappa shape index (κ3) is 5.69. The maximum absolute atomic E-state index is 14.1. The Kier molecular flexibility index (Phi) is 7.36. The van der Waals surface area contributed by atoms with Crippen molar-refractivity contribution >= 4 is 45.7 Å². The molecule has 4 aromatic heterocycles. The zero-order valence-corrected chi connectivity index (χ0v) is 24.2. The third-order valence-corrected chi connectivity index (χ3v) is 8.07. The van der Waals surface area contributed by atoms with E-state index in [9.17, 15) is 9.18 Å². The van der Waals surface area contributed by atoms with Gasteiger partial charge in [-0.1, -0.05) is 23.7 Å². The first kappa shape index (κ1) is 27.9. The Bertz CT molecular complexity index is 2000. The molecule has 11 nitrogen and oxygen atoms in total. The number of nitrogen functional groups attached to an aromatic ring is 1. The van der Waals surface area contributed by atoms with Gasteiger partial charge in [0.05, 0.1) is 23.8 Å². The molecule has 3 N–H and O–H groups in total. The van der Waals surface area contributed by atoms with Crippen LogP contribution in [0, 0.1) is 5.82 Å². The van der Waals surface area contributed by atoms with Gasteiger partial charge in [0, 0.05) is 33.8 Å². The third-order valence-electron chi connectivity index (χ3n) is 7.84. The molecule has 0 aliphatic carbocycles. The van der Waals surface area contributed by atoms with Gasteiger partial charge in [-0.15, -0.1) is 0 Å². The van der Waals surface area contributed by atoms with Gasteiger partial charge >= 0.3 is 0 Å². The van der Waals surface area contributed by atoms with E-state index in [0.717, 1.165) is 48.5 Å². The molecule has 0 amide bonds. The van der Waals surface area contributed by atoms with Crippen molar-refractivity contribution in [3.05, 3.63) is 101 Å². The molecule has 222 valence electrons. The van der Waals surface area contributed by atoms with Crippen molar-refractivity contribution in [2.24, 2.45) is 0 Å². The minimum atomic E-state index is -0.399. The van der Waals surface area contributed by atoms with Crippen LogP contribution in [0.4, 0.5) is 10.3 Å². The summed E-state index contributed by atoms with van der Waals surface area (Å²) in [6.07, 6.45) is 4.80. The maximum atomic E-state index is 14.1. The average molecular weight is 612 g/mol. The number of nitrogens with one attached hydrogen (secondary N) is 1. The normalized spacial score (nSPS) is 14.4. The molecule has 7 rings (SSSR count). The number of imidazole rings is 2. The number of hydrogen-bond acceptors (Lipinski definition) is 9. The van der Waals surface area contributed by atoms with Gasteiger partial charge in [0.2, 0.25) is 11.8 Å². The second-order valence-electron chi connectivity index (χ2n) is 10.7. The Labute approximate surface area is 255 Å². The number of anilines is 1. The van der Waals surface area contributed by atoms with Crippen LogP contribution in [0.3, 0.4) is 0 Å². The summed E-state index contributed by atoms with van der Waals surface area (Å²) >= 11 is 5.84. The number of piperidine rings is 1. The second kappa shape index (κ2) is 11.6. The van der Waals surface area contributed by atoms with Gasteiger partial charge in [0.25, 0.3) is 5.91 Å². The van der Waals surface area contributed by atoms with Crippen molar-refractivity contribution in [1.82, 2.24) is 39.4 Å². The van der Waals surface area contributed by atoms with Crippen molar-refractivity contribution in [3.63, 3.8) is 0 Å². The lowest BCUT2D eigenvalue weighted by atomic mass is 9.93. The monoisotopic (exact) mass is 611 g/mol. The summed E-state index contributed by atoms with van der Waals surface area (Å²) in [6.45, 7) is 2.51. The molecule has 6 aromatic rings. The van der Waals surface area contributed by atoms with Gasteiger partial charge in [-0.2, -0.15) is 4.98 Å². The Morgan fingerprint density at radius 3 is 2.77 bits per heavy atom. The molecule has 13 heteroatoms. The van der Waals surface area contributed by atoms with Crippen LogP contribution in [0.5, 0.6) is 5.88 Å². The molecule has 1 aliphatic rings. The number of rotatable bonds is 7. The van der Waals surface area contributed by atoms with E-state index in [1.165, 1.54) is 23.2 Å². The molecule has 0 radical (unpaired) electrons. The highest BCUT2D eigenvalue weighted by Crippen LogP contribution is 2.29. The van der Waals surface area contributed by atoms with Crippen LogP contribution in [0.1, 0.15) is 46.2 Å². The molecule has 0 unspecified atom stereocenters. The van der Waals surface area contributed by atoms with Crippen molar-refractivity contribution < 1.29 is 13.9 Å². The number of carbonyl (C=O) groups excluding carboxylic acids is 1. The van der Waals surface area contributed by atoms with Crippen molar-refractivity contribution in [1.29, 1.82) is 0 Å². The SMILES string of the molecule is Nc1ncc2c(ncn2C(=O)c2ccc3nc(CN4CCC(c5cccc(OCc6ccc(Cl)cc6F)n5)CC4)[nH]c3c2)n1. The van der Waals surface area contributed by atoms with E-state index in [1.54, 1.807) is 30.3 Å². The highest BCUT2D eigenvalue weighted by molar-refractivity contribution is 6.30. The summed E-state index contributed by atoms with van der Waals surface area (Å²) in [5.41, 5.74) is 9.94. The zero-order valence-electron chi connectivity index (χ0n) is 23.5. The lowest BCUT2D eigenvalue weighted by Crippen LogP contribution is -2.33. The van der Waals surface area contributed by atoms with Crippen molar-refractivity contribution in [2.45, 2.75) is 31.9 Å². The number of aromatic amines is 1. The zero-order chi connectivity index (χ0) is 30.2. The molecular formula is C31H27ClFN9O2. The lowest BCUT2D eigenvalue weighted by molar-refractivity contribution is 0.0964. The van der Waals surface area contributed by atoms with Gasteiger partial charge < -0.3 is 15.5 Å². The summed E-state index contributed by atoms with van der Waals surface area (Å²) in [4.78, 5) is 40.6. The van der Waals surface area contributed by atoms with Gasteiger partial charge in [0.15, 0.2) is 5.65 Å². The number of H-pyrrole nitrogens is 1. The Balaban J connectivity index is 0.972. The number of ether oxygens (including phenoxy) is 1. The van der Waals surface area contributed by atoms with Crippen LogP contribution in [-0.4, -0.2) is 58.4 Å². The van der Waals surface area contributed by atoms with Crippen molar-refractivity contribution in [2.75, 3.05) is 18.8 Å². The van der Waals surface area contributed by atoms with E-state index in [2.05, 4.69) is 24.8 Å². The van der Waals surface area contributed by atoms with Gasteiger partial charge in [-0.3, -0.25) is 14.3 Å². The first-order chi connectivity index (χ1) is 21.4. The smallest absolute Gasteiger partial charge is 0.263 e. The molecule has 2 aromatic carbocycles. The number of hydrogen-bond donors (Lipinski definition) is 2. The largest absolute Gasteiger partial charge is 0.473 e. The van der Waals surface area contributed by atoms with Crippen LogP contribution in [0.15, 0.2) is 67.1 Å². The fraction of sp³-hybridized carbons (Fsp3) is 0.226. The molecule has 1 fully saturated rings. The van der Waals surface area contributed by atoms with Crippen LogP contribution in [0.2, 0.25) is 5.02 Å². The topological polar surface area (TPSA) is 141 Å². The van der Waals surface area contributed by atoms with E-state index in [-0.39, 0.29) is 18.5 Å². The number of fused-ring (bicyclic) bond motifs is 2. The molecule has 1 saturated heterocycles. The minimum Gasteiger partial charge on any atom is -0.473 e. The summed E-state index contributed by atoms with van der Waals surface area (Å²) in [6, 6.07) is 15.7. The van der Waals surface area contributed by atoms with Gasteiger partial charge in [0.1, 0.15) is 30.1 Å².